The summed E-state index contributed by atoms with van der Waals surface area (Å²) in [5, 5.41) is 8.94. The van der Waals surface area contributed by atoms with Crippen molar-refractivity contribution in [3.8, 4) is 0 Å². The molecule has 80 valence electrons. The summed E-state index contributed by atoms with van der Waals surface area (Å²) < 4.78 is 4.86. The molecule has 0 saturated heterocycles. The third-order valence-corrected chi connectivity index (χ3v) is 1.99. The molecule has 0 aliphatic carbocycles. The van der Waals surface area contributed by atoms with Gasteiger partial charge in [-0.05, 0) is 11.6 Å². The second kappa shape index (κ2) is 5.98. The zero-order valence-corrected chi connectivity index (χ0v) is 8.64. The van der Waals surface area contributed by atoms with Gasteiger partial charge in [0.05, 0.1) is 6.61 Å². The maximum absolute atomic E-state index is 10.9. The van der Waals surface area contributed by atoms with Crippen molar-refractivity contribution in [2.45, 2.75) is 6.42 Å². The highest BCUT2D eigenvalue weighted by Gasteiger charge is 2.06. The van der Waals surface area contributed by atoms with Gasteiger partial charge in [0.2, 0.25) is 0 Å². The SMILES string of the molecule is COCCC(=Cc1ccccc1)C(=O)O. The first kappa shape index (κ1) is 11.5. The van der Waals surface area contributed by atoms with Crippen LogP contribution in [0, 0.1) is 0 Å². The molecule has 0 atom stereocenters. The fraction of sp³-hybridized carbons (Fsp3) is 0.250. The van der Waals surface area contributed by atoms with Crippen LogP contribution in [0.5, 0.6) is 0 Å². The van der Waals surface area contributed by atoms with E-state index in [9.17, 15) is 4.79 Å². The van der Waals surface area contributed by atoms with Gasteiger partial charge in [-0.1, -0.05) is 30.3 Å². The van der Waals surface area contributed by atoms with Crippen molar-refractivity contribution in [3.05, 3.63) is 41.5 Å². The first-order valence-electron chi connectivity index (χ1n) is 4.72. The molecule has 0 aromatic heterocycles. The van der Waals surface area contributed by atoms with Crippen LogP contribution in [0.25, 0.3) is 6.08 Å². The molecule has 0 amide bonds. The smallest absolute Gasteiger partial charge is 0.331 e. The van der Waals surface area contributed by atoms with Crippen LogP contribution in [0.15, 0.2) is 35.9 Å². The largest absolute Gasteiger partial charge is 0.478 e. The van der Waals surface area contributed by atoms with E-state index in [0.29, 0.717) is 18.6 Å². The van der Waals surface area contributed by atoms with E-state index in [4.69, 9.17) is 9.84 Å². The highest BCUT2D eigenvalue weighted by molar-refractivity contribution is 5.92. The molecule has 0 spiro atoms. The van der Waals surface area contributed by atoms with Crippen molar-refractivity contribution < 1.29 is 14.6 Å². The van der Waals surface area contributed by atoms with Crippen molar-refractivity contribution in [2.75, 3.05) is 13.7 Å². The number of methoxy groups -OCH3 is 1. The van der Waals surface area contributed by atoms with Crippen molar-refractivity contribution >= 4 is 12.0 Å². The molecular weight excluding hydrogens is 192 g/mol. The van der Waals surface area contributed by atoms with E-state index in [0.717, 1.165) is 5.56 Å². The van der Waals surface area contributed by atoms with Crippen LogP contribution in [0.4, 0.5) is 0 Å². The monoisotopic (exact) mass is 206 g/mol. The van der Waals surface area contributed by atoms with Gasteiger partial charge in [-0.2, -0.15) is 0 Å². The lowest BCUT2D eigenvalue weighted by Gasteiger charge is -2.01. The van der Waals surface area contributed by atoms with Gasteiger partial charge >= 0.3 is 5.97 Å². The van der Waals surface area contributed by atoms with E-state index in [1.165, 1.54) is 0 Å². The lowest BCUT2D eigenvalue weighted by atomic mass is 10.1. The molecule has 0 bridgehead atoms. The number of rotatable bonds is 5. The summed E-state index contributed by atoms with van der Waals surface area (Å²) in [5.41, 5.74) is 1.26. The summed E-state index contributed by atoms with van der Waals surface area (Å²) >= 11 is 0. The van der Waals surface area contributed by atoms with Crippen molar-refractivity contribution in [1.82, 2.24) is 0 Å². The molecule has 3 heteroatoms. The van der Waals surface area contributed by atoms with Crippen LogP contribution in [-0.2, 0) is 9.53 Å². The number of hydrogen-bond donors (Lipinski definition) is 1. The Labute approximate surface area is 89.0 Å². The first-order valence-corrected chi connectivity index (χ1v) is 4.72. The Hall–Kier alpha value is -1.61. The van der Waals surface area contributed by atoms with Crippen LogP contribution in [0.3, 0.4) is 0 Å². The van der Waals surface area contributed by atoms with Crippen LogP contribution in [0.2, 0.25) is 0 Å². The molecule has 0 fully saturated rings. The van der Waals surface area contributed by atoms with Crippen molar-refractivity contribution in [2.24, 2.45) is 0 Å². The molecule has 1 rings (SSSR count). The quantitative estimate of drug-likeness (QED) is 0.751. The first-order chi connectivity index (χ1) is 7.24. The Bertz CT molecular complexity index is 341. The summed E-state index contributed by atoms with van der Waals surface area (Å²) in [6, 6.07) is 9.39. The molecular formula is C12H14O3. The maximum Gasteiger partial charge on any atom is 0.331 e. The predicted molar refractivity (Wildman–Crippen MR) is 58.5 cm³/mol. The molecule has 0 heterocycles. The minimum atomic E-state index is -0.893. The molecule has 1 aromatic rings. The average molecular weight is 206 g/mol. The Kier molecular flexibility index (Phi) is 4.57. The van der Waals surface area contributed by atoms with Crippen molar-refractivity contribution in [3.63, 3.8) is 0 Å². The third-order valence-electron chi connectivity index (χ3n) is 1.99. The van der Waals surface area contributed by atoms with Gasteiger partial charge in [-0.3, -0.25) is 0 Å². The summed E-state index contributed by atoms with van der Waals surface area (Å²) in [6.07, 6.45) is 2.09. The molecule has 0 radical (unpaired) electrons. The number of carbonyl (C=O) groups is 1. The second-order valence-electron chi connectivity index (χ2n) is 3.13. The standard InChI is InChI=1S/C12H14O3/c1-15-8-7-11(12(13)14)9-10-5-3-2-4-6-10/h2-6,9H,7-8H2,1H3,(H,13,14). The van der Waals surface area contributed by atoms with Gasteiger partial charge in [0.1, 0.15) is 0 Å². The van der Waals surface area contributed by atoms with Gasteiger partial charge in [0, 0.05) is 19.1 Å². The average Bonchev–Trinajstić information content (AvgIpc) is 2.25. The summed E-state index contributed by atoms with van der Waals surface area (Å²) in [4.78, 5) is 10.9. The number of ether oxygens (including phenoxy) is 1. The fourth-order valence-electron chi connectivity index (χ4n) is 1.20. The summed E-state index contributed by atoms with van der Waals surface area (Å²) in [5.74, 6) is -0.893. The molecule has 1 N–H and O–H groups in total. The van der Waals surface area contributed by atoms with E-state index >= 15 is 0 Å². The fourth-order valence-corrected chi connectivity index (χ4v) is 1.20. The molecule has 0 aliphatic rings. The lowest BCUT2D eigenvalue weighted by molar-refractivity contribution is -0.132. The number of hydrogen-bond acceptors (Lipinski definition) is 2. The number of benzene rings is 1. The molecule has 1 aromatic carbocycles. The van der Waals surface area contributed by atoms with Gasteiger partial charge in [0.15, 0.2) is 0 Å². The van der Waals surface area contributed by atoms with Gasteiger partial charge in [-0.15, -0.1) is 0 Å². The molecule has 15 heavy (non-hydrogen) atoms. The van der Waals surface area contributed by atoms with Gasteiger partial charge in [0.25, 0.3) is 0 Å². The molecule has 0 unspecified atom stereocenters. The number of aliphatic carboxylic acids is 1. The lowest BCUT2D eigenvalue weighted by Crippen LogP contribution is -2.03. The van der Waals surface area contributed by atoms with Crippen LogP contribution in [-0.4, -0.2) is 24.8 Å². The Morgan fingerprint density at radius 1 is 1.40 bits per heavy atom. The van der Waals surface area contributed by atoms with E-state index < -0.39 is 5.97 Å². The predicted octanol–water partition coefficient (Wildman–Crippen LogP) is 2.19. The minimum Gasteiger partial charge on any atom is -0.478 e. The minimum absolute atomic E-state index is 0.364. The van der Waals surface area contributed by atoms with E-state index in [-0.39, 0.29) is 0 Å². The molecule has 0 aliphatic heterocycles. The third kappa shape index (κ3) is 3.95. The second-order valence-corrected chi connectivity index (χ2v) is 3.13. The topological polar surface area (TPSA) is 46.5 Å². The Balaban J connectivity index is 2.79. The summed E-state index contributed by atoms with van der Waals surface area (Å²) in [7, 11) is 1.56. The normalized spacial score (nSPS) is 11.4. The molecule has 3 nitrogen and oxygen atoms in total. The van der Waals surface area contributed by atoms with Crippen molar-refractivity contribution in [1.29, 1.82) is 0 Å². The van der Waals surface area contributed by atoms with Crippen LogP contribution >= 0.6 is 0 Å². The van der Waals surface area contributed by atoms with Gasteiger partial charge < -0.3 is 9.84 Å². The van der Waals surface area contributed by atoms with E-state index in [1.807, 2.05) is 30.3 Å². The highest BCUT2D eigenvalue weighted by Crippen LogP contribution is 2.10. The zero-order chi connectivity index (χ0) is 11.1. The number of carboxylic acid groups (broad SMARTS) is 1. The Morgan fingerprint density at radius 3 is 2.60 bits per heavy atom. The van der Waals surface area contributed by atoms with E-state index in [1.54, 1.807) is 13.2 Å². The molecule has 0 saturated carbocycles. The van der Waals surface area contributed by atoms with Crippen LogP contribution < -0.4 is 0 Å². The summed E-state index contributed by atoms with van der Waals surface area (Å²) in [6.45, 7) is 0.422. The highest BCUT2D eigenvalue weighted by atomic mass is 16.5. The van der Waals surface area contributed by atoms with E-state index in [2.05, 4.69) is 0 Å². The Morgan fingerprint density at radius 2 is 2.07 bits per heavy atom. The van der Waals surface area contributed by atoms with Crippen LogP contribution in [0.1, 0.15) is 12.0 Å². The maximum atomic E-state index is 10.9. The number of carboxylic acids is 1. The van der Waals surface area contributed by atoms with Gasteiger partial charge in [-0.25, -0.2) is 4.79 Å². The zero-order valence-electron chi connectivity index (χ0n) is 8.64.